The van der Waals surface area contributed by atoms with Crippen molar-refractivity contribution >= 4 is 10.9 Å². The molecule has 3 aromatic rings. The summed E-state index contributed by atoms with van der Waals surface area (Å²) >= 11 is 0. The average molecular weight is 251 g/mol. The van der Waals surface area contributed by atoms with Crippen LogP contribution in [0.4, 0.5) is 0 Å². The monoisotopic (exact) mass is 251 g/mol. The van der Waals surface area contributed by atoms with Crippen molar-refractivity contribution in [2.75, 3.05) is 0 Å². The third-order valence-corrected chi connectivity index (χ3v) is 3.67. The van der Waals surface area contributed by atoms with E-state index in [4.69, 9.17) is 0 Å². The van der Waals surface area contributed by atoms with Crippen molar-refractivity contribution in [2.24, 2.45) is 7.05 Å². The Bertz CT molecular complexity index is 755. The zero-order valence-electron chi connectivity index (χ0n) is 11.7. The van der Waals surface area contributed by atoms with Crippen LogP contribution in [0.25, 0.3) is 22.2 Å². The van der Waals surface area contributed by atoms with Gasteiger partial charge in [0.1, 0.15) is 11.3 Å². The van der Waals surface area contributed by atoms with Gasteiger partial charge in [-0.25, -0.2) is 9.97 Å². The summed E-state index contributed by atoms with van der Waals surface area (Å²) in [7, 11) is 2.09. The second-order valence-electron chi connectivity index (χ2n) is 4.94. The molecule has 0 spiro atoms. The van der Waals surface area contributed by atoms with Crippen molar-refractivity contribution in [1.82, 2.24) is 14.5 Å². The van der Waals surface area contributed by atoms with Crippen LogP contribution in [-0.2, 0) is 7.05 Å². The van der Waals surface area contributed by atoms with E-state index < -0.39 is 0 Å². The third kappa shape index (κ3) is 1.73. The highest BCUT2D eigenvalue weighted by Gasteiger charge is 2.17. The molecule has 2 aromatic heterocycles. The lowest BCUT2D eigenvalue weighted by atomic mass is 10.1. The van der Waals surface area contributed by atoms with Crippen molar-refractivity contribution in [2.45, 2.75) is 20.8 Å². The molecule has 3 rings (SSSR count). The second kappa shape index (κ2) is 4.19. The van der Waals surface area contributed by atoms with Gasteiger partial charge in [-0.1, -0.05) is 30.3 Å². The van der Waals surface area contributed by atoms with E-state index in [1.807, 2.05) is 13.0 Å². The number of hydrogen-bond donors (Lipinski definition) is 0. The van der Waals surface area contributed by atoms with Gasteiger partial charge in [-0.05, 0) is 20.8 Å². The van der Waals surface area contributed by atoms with Crippen molar-refractivity contribution in [1.29, 1.82) is 0 Å². The lowest BCUT2D eigenvalue weighted by Crippen LogP contribution is -1.94. The summed E-state index contributed by atoms with van der Waals surface area (Å²) in [4.78, 5) is 9.15. The Labute approximate surface area is 112 Å². The van der Waals surface area contributed by atoms with Crippen LogP contribution in [0.5, 0.6) is 0 Å². The van der Waals surface area contributed by atoms with Crippen molar-refractivity contribution < 1.29 is 0 Å². The molecule has 19 heavy (non-hydrogen) atoms. The number of hydrogen-bond acceptors (Lipinski definition) is 2. The van der Waals surface area contributed by atoms with Crippen LogP contribution in [-0.4, -0.2) is 14.5 Å². The first-order valence-electron chi connectivity index (χ1n) is 6.45. The predicted octanol–water partition coefficient (Wildman–Crippen LogP) is 3.56. The summed E-state index contributed by atoms with van der Waals surface area (Å²) in [5.41, 5.74) is 5.68. The Morgan fingerprint density at radius 3 is 2.32 bits per heavy atom. The van der Waals surface area contributed by atoms with E-state index in [1.54, 1.807) is 0 Å². The van der Waals surface area contributed by atoms with E-state index in [1.165, 1.54) is 22.3 Å². The van der Waals surface area contributed by atoms with Gasteiger partial charge in [0.05, 0.1) is 11.4 Å². The number of nitrogens with zero attached hydrogens (tertiary/aromatic N) is 3. The third-order valence-electron chi connectivity index (χ3n) is 3.67. The van der Waals surface area contributed by atoms with Gasteiger partial charge in [-0.3, -0.25) is 0 Å². The maximum Gasteiger partial charge on any atom is 0.126 e. The first-order valence-corrected chi connectivity index (χ1v) is 6.45. The molecule has 3 heteroatoms. The number of aryl methyl sites for hydroxylation is 3. The van der Waals surface area contributed by atoms with Crippen LogP contribution in [0.2, 0.25) is 0 Å². The Hall–Kier alpha value is -2.16. The van der Waals surface area contributed by atoms with E-state index in [9.17, 15) is 0 Å². The smallest absolute Gasteiger partial charge is 0.126 e. The molecule has 96 valence electrons. The first-order chi connectivity index (χ1) is 9.09. The quantitative estimate of drug-likeness (QED) is 0.662. The van der Waals surface area contributed by atoms with Crippen molar-refractivity contribution in [3.63, 3.8) is 0 Å². The van der Waals surface area contributed by atoms with Gasteiger partial charge in [0.2, 0.25) is 0 Å². The highest BCUT2D eigenvalue weighted by atomic mass is 15.0. The summed E-state index contributed by atoms with van der Waals surface area (Å²) in [6.45, 7) is 6.13. The summed E-state index contributed by atoms with van der Waals surface area (Å²) in [5.74, 6) is 0.827. The molecule has 0 atom stereocenters. The molecular weight excluding hydrogens is 234 g/mol. The molecule has 0 radical (unpaired) electrons. The Morgan fingerprint density at radius 2 is 1.63 bits per heavy atom. The second-order valence-corrected chi connectivity index (χ2v) is 4.94. The van der Waals surface area contributed by atoms with Crippen LogP contribution in [0.1, 0.15) is 17.2 Å². The van der Waals surface area contributed by atoms with Gasteiger partial charge >= 0.3 is 0 Å². The molecule has 0 unspecified atom stereocenters. The maximum absolute atomic E-state index is 4.66. The van der Waals surface area contributed by atoms with Gasteiger partial charge in [0, 0.05) is 23.7 Å². The first kappa shape index (κ1) is 11.9. The fourth-order valence-electron chi connectivity index (χ4n) is 2.74. The average Bonchev–Trinajstić information content (AvgIpc) is 2.63. The zero-order chi connectivity index (χ0) is 13.6. The zero-order valence-corrected chi connectivity index (χ0v) is 11.7. The van der Waals surface area contributed by atoms with E-state index in [0.717, 1.165) is 17.0 Å². The van der Waals surface area contributed by atoms with Gasteiger partial charge in [-0.2, -0.15) is 0 Å². The highest BCUT2D eigenvalue weighted by molar-refractivity contribution is 5.96. The number of benzene rings is 1. The van der Waals surface area contributed by atoms with Gasteiger partial charge < -0.3 is 4.57 Å². The number of fused-ring (bicyclic) bond motifs is 1. The molecule has 0 saturated carbocycles. The van der Waals surface area contributed by atoms with Crippen molar-refractivity contribution in [3.05, 3.63) is 47.5 Å². The van der Waals surface area contributed by atoms with Gasteiger partial charge in [0.25, 0.3) is 0 Å². The molecule has 1 aromatic carbocycles. The van der Waals surface area contributed by atoms with E-state index in [0.29, 0.717) is 0 Å². The summed E-state index contributed by atoms with van der Waals surface area (Å²) in [6, 6.07) is 10.4. The molecule has 0 aliphatic rings. The summed E-state index contributed by atoms with van der Waals surface area (Å²) in [6.07, 6.45) is 0. The van der Waals surface area contributed by atoms with Crippen LogP contribution >= 0.6 is 0 Å². The molecule has 0 amide bonds. The Morgan fingerprint density at radius 1 is 0.947 bits per heavy atom. The lowest BCUT2D eigenvalue weighted by Gasteiger charge is -2.05. The van der Waals surface area contributed by atoms with Crippen LogP contribution in [0.15, 0.2) is 30.3 Å². The molecule has 0 aliphatic heterocycles. The minimum absolute atomic E-state index is 0.827. The number of rotatable bonds is 1. The lowest BCUT2D eigenvalue weighted by molar-refractivity contribution is 0.896. The summed E-state index contributed by atoms with van der Waals surface area (Å²) < 4.78 is 2.21. The molecule has 0 bridgehead atoms. The van der Waals surface area contributed by atoms with Gasteiger partial charge in [0.15, 0.2) is 0 Å². The molecule has 3 nitrogen and oxygen atoms in total. The van der Waals surface area contributed by atoms with E-state index >= 15 is 0 Å². The minimum atomic E-state index is 0.827. The van der Waals surface area contributed by atoms with Crippen LogP contribution in [0.3, 0.4) is 0 Å². The Balaban J connectivity index is 2.46. The molecule has 0 saturated heterocycles. The van der Waals surface area contributed by atoms with E-state index in [2.05, 4.69) is 59.7 Å². The normalized spacial score (nSPS) is 11.2. The molecule has 0 fully saturated rings. The van der Waals surface area contributed by atoms with E-state index in [-0.39, 0.29) is 0 Å². The van der Waals surface area contributed by atoms with Gasteiger partial charge in [-0.15, -0.1) is 0 Å². The fourth-order valence-corrected chi connectivity index (χ4v) is 2.74. The minimum Gasteiger partial charge on any atom is -0.345 e. The highest BCUT2D eigenvalue weighted by Crippen LogP contribution is 2.32. The summed E-state index contributed by atoms with van der Waals surface area (Å²) in [5, 5.41) is 1.17. The molecule has 0 aliphatic carbocycles. The number of aromatic nitrogens is 3. The van der Waals surface area contributed by atoms with Crippen LogP contribution < -0.4 is 0 Å². The maximum atomic E-state index is 4.66. The topological polar surface area (TPSA) is 30.7 Å². The molecule has 0 N–H and O–H groups in total. The largest absolute Gasteiger partial charge is 0.345 e. The fraction of sp³-hybridized carbons (Fsp3) is 0.250. The standard InChI is InChI=1S/C16H17N3/c1-10-14-11(2)19(4)16(13-8-6-5-7-9-13)15(14)18-12(3)17-10/h5-9H,1-4H3. The SMILES string of the molecule is Cc1nc(C)c2c(C)n(C)c(-c3ccccc3)c2n1. The van der Waals surface area contributed by atoms with Crippen molar-refractivity contribution in [3.8, 4) is 11.3 Å². The molecular formula is C16H17N3. The molecule has 2 heterocycles. The Kier molecular flexibility index (Phi) is 2.63. The van der Waals surface area contributed by atoms with Crippen LogP contribution in [0, 0.1) is 20.8 Å². The predicted molar refractivity (Wildman–Crippen MR) is 78.2 cm³/mol.